The highest BCUT2D eigenvalue weighted by Gasteiger charge is 2.38. The van der Waals surface area contributed by atoms with Crippen molar-refractivity contribution in [1.82, 2.24) is 0 Å². The van der Waals surface area contributed by atoms with E-state index >= 15 is 0 Å². The average molecular weight is 152 g/mol. The van der Waals surface area contributed by atoms with Gasteiger partial charge >= 0.3 is 6.18 Å². The van der Waals surface area contributed by atoms with E-state index in [2.05, 4.69) is 0 Å². The lowest BCUT2D eigenvalue weighted by molar-refractivity contribution is -0.171. The fourth-order valence-corrected chi connectivity index (χ4v) is 0.326. The van der Waals surface area contributed by atoms with Crippen LogP contribution in [0.4, 0.5) is 13.2 Å². The van der Waals surface area contributed by atoms with E-state index < -0.39 is 24.1 Å². The third kappa shape index (κ3) is 3.27. The molecule has 0 aromatic carbocycles. The highest BCUT2D eigenvalue weighted by atomic mass is 19.4. The minimum Gasteiger partial charge on any atom is -0.312 e. The summed E-state index contributed by atoms with van der Waals surface area (Å²) in [5.74, 6) is -1.99. The molecule has 0 unspecified atom stereocenters. The Balaban J connectivity index is 3.99. The van der Waals surface area contributed by atoms with Gasteiger partial charge in [-0.2, -0.15) is 13.2 Å². The SMILES string of the molecule is BC(=O)CC(=O)C(F)(F)F. The van der Waals surface area contributed by atoms with Crippen molar-refractivity contribution in [3.05, 3.63) is 0 Å². The number of carbonyl (C=O) groups is 2. The zero-order valence-corrected chi connectivity index (χ0v) is 5.16. The lowest BCUT2D eigenvalue weighted by atomic mass is 9.97. The van der Waals surface area contributed by atoms with Crippen molar-refractivity contribution in [2.75, 3.05) is 0 Å². The Kier molecular flexibility index (Phi) is 2.62. The van der Waals surface area contributed by atoms with Crippen molar-refractivity contribution in [1.29, 1.82) is 0 Å². The van der Waals surface area contributed by atoms with Gasteiger partial charge < -0.3 is 4.79 Å². The summed E-state index contributed by atoms with van der Waals surface area (Å²) in [6.45, 7) is 0. The molecule has 0 bridgehead atoms. The van der Waals surface area contributed by atoms with Crippen LogP contribution in [-0.2, 0) is 9.59 Å². The summed E-state index contributed by atoms with van der Waals surface area (Å²) in [7, 11) is 0.934. The quantitative estimate of drug-likeness (QED) is 0.400. The normalized spacial score (nSPS) is 11.1. The summed E-state index contributed by atoms with van der Waals surface area (Å²) < 4.78 is 33.9. The van der Waals surface area contributed by atoms with Gasteiger partial charge in [0.1, 0.15) is 0 Å². The monoisotopic (exact) mass is 152 g/mol. The van der Waals surface area contributed by atoms with E-state index in [0.29, 0.717) is 0 Å². The summed E-state index contributed by atoms with van der Waals surface area (Å²) in [6, 6.07) is 0. The molecule has 0 aromatic rings. The van der Waals surface area contributed by atoms with Crippen molar-refractivity contribution in [2.24, 2.45) is 0 Å². The molecule has 2 nitrogen and oxygen atoms in total. The van der Waals surface area contributed by atoms with Crippen molar-refractivity contribution >= 4 is 19.3 Å². The molecule has 0 saturated heterocycles. The van der Waals surface area contributed by atoms with Crippen LogP contribution >= 0.6 is 0 Å². The molecule has 0 fully saturated rings. The van der Waals surface area contributed by atoms with E-state index in [1.54, 1.807) is 0 Å². The number of ketones is 1. The van der Waals surface area contributed by atoms with E-state index in [1.807, 2.05) is 0 Å². The second-order valence-corrected chi connectivity index (χ2v) is 1.80. The zero-order chi connectivity index (χ0) is 8.36. The third-order valence-corrected chi connectivity index (χ3v) is 0.726. The van der Waals surface area contributed by atoms with Gasteiger partial charge in [0, 0.05) is 0 Å². The Morgan fingerprint density at radius 1 is 1.30 bits per heavy atom. The van der Waals surface area contributed by atoms with Gasteiger partial charge in [0.25, 0.3) is 0 Å². The smallest absolute Gasteiger partial charge is 0.312 e. The summed E-state index contributed by atoms with van der Waals surface area (Å²) in [5, 5.41) is 0. The Labute approximate surface area is 55.8 Å². The first-order valence-corrected chi connectivity index (χ1v) is 2.43. The molecule has 0 heterocycles. The van der Waals surface area contributed by atoms with Gasteiger partial charge in [0.2, 0.25) is 5.78 Å². The van der Waals surface area contributed by atoms with Crippen molar-refractivity contribution < 1.29 is 22.8 Å². The standard InChI is InChI=1S/C4H4BF3O2/c5-3(10)1-2(9)4(6,7)8/h1,5H2. The van der Waals surface area contributed by atoms with Crippen molar-refractivity contribution in [3.63, 3.8) is 0 Å². The minimum absolute atomic E-state index is 0.776. The molecular weight excluding hydrogens is 148 g/mol. The molecule has 0 spiro atoms. The molecule has 56 valence electrons. The molecule has 6 heteroatoms. The van der Waals surface area contributed by atoms with Crippen LogP contribution in [0.2, 0.25) is 0 Å². The number of hydrogen-bond donors (Lipinski definition) is 0. The molecule has 0 rings (SSSR count). The van der Waals surface area contributed by atoms with E-state index in [0.717, 1.165) is 7.85 Å². The molecule has 0 aliphatic heterocycles. The molecule has 0 aromatic heterocycles. The molecule has 0 aliphatic carbocycles. The molecule has 0 aliphatic rings. The number of hydrogen-bond acceptors (Lipinski definition) is 2. The maximum absolute atomic E-state index is 11.3. The van der Waals surface area contributed by atoms with Crippen LogP contribution in [0.3, 0.4) is 0 Å². The molecule has 0 atom stereocenters. The van der Waals surface area contributed by atoms with Gasteiger partial charge in [-0.1, -0.05) is 0 Å². The predicted octanol–water partition coefficient (Wildman–Crippen LogP) is -0.332. The zero-order valence-electron chi connectivity index (χ0n) is 5.16. The summed E-state index contributed by atoms with van der Waals surface area (Å²) in [6.07, 6.45) is -5.92. The molecule has 0 amide bonds. The first-order valence-electron chi connectivity index (χ1n) is 2.43. The predicted molar refractivity (Wildman–Crippen MR) is 29.2 cm³/mol. The van der Waals surface area contributed by atoms with Gasteiger partial charge in [0.15, 0.2) is 7.85 Å². The van der Waals surface area contributed by atoms with Crippen LogP contribution in [0.5, 0.6) is 0 Å². The van der Waals surface area contributed by atoms with Crippen LogP contribution < -0.4 is 0 Å². The number of Topliss-reactive ketones (excluding diaryl/α,β-unsaturated/α-hetero) is 1. The van der Waals surface area contributed by atoms with Crippen LogP contribution in [-0.4, -0.2) is 25.5 Å². The van der Waals surface area contributed by atoms with E-state index in [9.17, 15) is 22.8 Å². The highest BCUT2D eigenvalue weighted by molar-refractivity contribution is 6.59. The number of alkyl halides is 3. The first kappa shape index (κ1) is 9.19. The fraction of sp³-hybridized carbons (Fsp3) is 0.500. The molecular formula is C4H4BF3O2. The summed E-state index contributed by atoms with van der Waals surface area (Å²) >= 11 is 0. The van der Waals surface area contributed by atoms with E-state index in [-0.39, 0.29) is 0 Å². The second-order valence-electron chi connectivity index (χ2n) is 1.80. The Morgan fingerprint density at radius 2 is 1.70 bits per heavy atom. The van der Waals surface area contributed by atoms with Gasteiger partial charge in [-0.3, -0.25) is 4.79 Å². The molecule has 0 saturated carbocycles. The fourth-order valence-electron chi connectivity index (χ4n) is 0.326. The largest absolute Gasteiger partial charge is 0.450 e. The van der Waals surface area contributed by atoms with Gasteiger partial charge in [0.05, 0.1) is 12.1 Å². The summed E-state index contributed by atoms with van der Waals surface area (Å²) in [5.41, 5.74) is -0.776. The molecule has 0 N–H and O–H groups in total. The maximum atomic E-state index is 11.3. The van der Waals surface area contributed by atoms with Gasteiger partial charge in [-0.05, 0) is 0 Å². The van der Waals surface area contributed by atoms with Crippen LogP contribution in [0.25, 0.3) is 0 Å². The first-order chi connectivity index (χ1) is 4.34. The van der Waals surface area contributed by atoms with Gasteiger partial charge in [-0.25, -0.2) is 0 Å². The average Bonchev–Trinajstić information content (AvgIpc) is 1.60. The Morgan fingerprint density at radius 3 is 1.80 bits per heavy atom. The lowest BCUT2D eigenvalue weighted by Crippen LogP contribution is -2.25. The number of halogens is 3. The maximum Gasteiger partial charge on any atom is 0.450 e. The van der Waals surface area contributed by atoms with Crippen LogP contribution in [0, 0.1) is 0 Å². The van der Waals surface area contributed by atoms with Gasteiger partial charge in [-0.15, -0.1) is 0 Å². The van der Waals surface area contributed by atoms with Crippen LogP contribution in [0.15, 0.2) is 0 Å². The van der Waals surface area contributed by atoms with E-state index in [4.69, 9.17) is 0 Å². The van der Waals surface area contributed by atoms with Crippen LogP contribution in [0.1, 0.15) is 6.42 Å². The third-order valence-electron chi connectivity index (χ3n) is 0.726. The molecule has 10 heavy (non-hydrogen) atoms. The molecule has 0 radical (unpaired) electrons. The summed E-state index contributed by atoms with van der Waals surface area (Å²) in [4.78, 5) is 19.9. The second kappa shape index (κ2) is 2.85. The number of carbonyl (C=O) groups excluding carboxylic acids is 2. The Bertz CT molecular complexity index is 162. The minimum atomic E-state index is -4.87. The lowest BCUT2D eigenvalue weighted by Gasteiger charge is -2.01. The topological polar surface area (TPSA) is 34.1 Å². The van der Waals surface area contributed by atoms with E-state index in [1.165, 1.54) is 0 Å². The number of rotatable bonds is 2. The Hall–Kier alpha value is -0.805. The van der Waals surface area contributed by atoms with Crippen molar-refractivity contribution in [2.45, 2.75) is 12.6 Å². The van der Waals surface area contributed by atoms with Crippen molar-refractivity contribution in [3.8, 4) is 0 Å². The highest BCUT2D eigenvalue weighted by Crippen LogP contribution is 2.17.